The molecule has 0 radical (unpaired) electrons. The predicted octanol–water partition coefficient (Wildman–Crippen LogP) is 3.33. The Morgan fingerprint density at radius 2 is 2.04 bits per heavy atom. The number of benzene rings is 2. The van der Waals surface area contributed by atoms with Crippen molar-refractivity contribution in [2.45, 2.75) is 12.3 Å². The van der Waals surface area contributed by atoms with E-state index in [9.17, 15) is 4.39 Å². The predicted molar refractivity (Wildman–Crippen MR) is 88.2 cm³/mol. The Morgan fingerprint density at radius 3 is 2.92 bits per heavy atom. The van der Waals surface area contributed by atoms with Gasteiger partial charge >= 0.3 is 0 Å². The molecule has 0 aliphatic carbocycles. The first kappa shape index (κ1) is 12.1. The summed E-state index contributed by atoms with van der Waals surface area (Å²) >= 11 is 0. The van der Waals surface area contributed by atoms with Gasteiger partial charge in [-0.05, 0) is 48.7 Å². The highest BCUT2D eigenvalue weighted by molar-refractivity contribution is 5.46. The average molecular weight is 332 g/mol. The van der Waals surface area contributed by atoms with Crippen LogP contribution >= 0.6 is 0 Å². The lowest BCUT2D eigenvalue weighted by molar-refractivity contribution is 0.173. The molecule has 1 N–H and O–H groups in total. The van der Waals surface area contributed by atoms with Crippen LogP contribution in [0.4, 0.5) is 4.39 Å². The SMILES string of the molecule is [2H]C1([2H])Oc2ccc(OC[C@@]3([2H])CNCCC3c3ccc(F)cc3)cc2O1. The molecule has 0 amide bonds. The van der Waals surface area contributed by atoms with E-state index in [1.165, 1.54) is 12.1 Å². The van der Waals surface area contributed by atoms with E-state index in [2.05, 4.69) is 5.32 Å². The van der Waals surface area contributed by atoms with Crippen LogP contribution in [0.25, 0.3) is 0 Å². The van der Waals surface area contributed by atoms with Crippen LogP contribution in [-0.2, 0) is 0 Å². The van der Waals surface area contributed by atoms with Crippen LogP contribution in [0.5, 0.6) is 17.2 Å². The maximum absolute atomic E-state index is 13.2. The van der Waals surface area contributed by atoms with E-state index in [1.807, 2.05) is 0 Å². The molecule has 0 bridgehead atoms. The highest BCUT2D eigenvalue weighted by atomic mass is 19.1. The van der Waals surface area contributed by atoms with Gasteiger partial charge in [-0.25, -0.2) is 4.39 Å². The first-order valence-electron chi connectivity index (χ1n) is 9.46. The standard InChI is InChI=1S/C19H20FNO3/c20-15-3-1-13(2-4-15)17-7-8-21-10-14(17)11-22-16-5-6-18-19(9-16)24-12-23-18/h1-6,9,14,17,21H,7-8,10-12H2/t14-,17?/m1/s1/i12D2,14D. The first-order chi connectivity index (χ1) is 12.8. The Balaban J connectivity index is 1.50. The molecule has 2 atom stereocenters. The van der Waals surface area contributed by atoms with Crippen molar-refractivity contribution in [3.63, 3.8) is 0 Å². The topological polar surface area (TPSA) is 39.7 Å². The van der Waals surface area contributed by atoms with Crippen molar-refractivity contribution in [1.82, 2.24) is 5.32 Å². The van der Waals surface area contributed by atoms with Gasteiger partial charge in [-0.1, -0.05) is 12.1 Å². The second kappa shape index (κ2) is 6.69. The average Bonchev–Trinajstić information content (AvgIpc) is 2.94. The third kappa shape index (κ3) is 3.17. The number of rotatable bonds is 4. The third-order valence-electron chi connectivity index (χ3n) is 4.37. The van der Waals surface area contributed by atoms with Crippen LogP contribution in [0, 0.1) is 11.7 Å². The van der Waals surface area contributed by atoms with E-state index in [4.69, 9.17) is 18.3 Å². The molecular formula is C19H20FNO3. The highest BCUT2D eigenvalue weighted by Gasteiger charge is 2.27. The third-order valence-corrected chi connectivity index (χ3v) is 4.37. The molecule has 4 rings (SSSR count). The number of halogens is 1. The number of hydrogen-bond acceptors (Lipinski definition) is 4. The molecular weight excluding hydrogens is 309 g/mol. The molecule has 1 saturated heterocycles. The number of hydrogen-bond donors (Lipinski definition) is 1. The molecule has 2 aliphatic heterocycles. The van der Waals surface area contributed by atoms with Crippen molar-refractivity contribution in [3.05, 3.63) is 53.8 Å². The van der Waals surface area contributed by atoms with Gasteiger partial charge in [0.25, 0.3) is 0 Å². The molecule has 2 heterocycles. The molecule has 2 aromatic rings. The van der Waals surface area contributed by atoms with Crippen LogP contribution in [0.3, 0.4) is 0 Å². The van der Waals surface area contributed by atoms with E-state index in [0.717, 1.165) is 18.5 Å². The molecule has 2 aliphatic rings. The number of nitrogens with one attached hydrogen (secondary N) is 1. The molecule has 0 aromatic heterocycles. The molecule has 2 aromatic carbocycles. The Morgan fingerprint density at radius 1 is 1.21 bits per heavy atom. The van der Waals surface area contributed by atoms with Crippen LogP contribution in [0.1, 0.15) is 22.0 Å². The molecule has 5 heteroatoms. The number of piperidine rings is 1. The second-order valence-electron chi connectivity index (χ2n) is 5.91. The van der Waals surface area contributed by atoms with Gasteiger partial charge in [-0.2, -0.15) is 0 Å². The molecule has 0 saturated carbocycles. The van der Waals surface area contributed by atoms with Crippen LogP contribution in [0.2, 0.25) is 0 Å². The van der Waals surface area contributed by atoms with Crippen LogP contribution in [-0.4, -0.2) is 26.4 Å². The lowest BCUT2D eigenvalue weighted by Crippen LogP contribution is -2.38. The molecule has 1 fully saturated rings. The lowest BCUT2D eigenvalue weighted by atomic mass is 9.81. The Bertz CT molecular complexity index is 833. The van der Waals surface area contributed by atoms with Crippen molar-refractivity contribution in [2.24, 2.45) is 5.89 Å². The van der Waals surface area contributed by atoms with E-state index >= 15 is 0 Å². The van der Waals surface area contributed by atoms with Gasteiger partial charge < -0.3 is 19.5 Å². The summed E-state index contributed by atoms with van der Waals surface area (Å²) in [6, 6.07) is 11.1. The second-order valence-corrected chi connectivity index (χ2v) is 5.91. The molecule has 126 valence electrons. The highest BCUT2D eigenvalue weighted by Crippen LogP contribution is 2.36. The van der Waals surface area contributed by atoms with Gasteiger partial charge in [0.15, 0.2) is 11.5 Å². The zero-order valence-electron chi connectivity index (χ0n) is 16.0. The van der Waals surface area contributed by atoms with Gasteiger partial charge in [-0.15, -0.1) is 0 Å². The van der Waals surface area contributed by atoms with Crippen molar-refractivity contribution in [2.75, 3.05) is 26.4 Å². The summed E-state index contributed by atoms with van der Waals surface area (Å²) in [4.78, 5) is 0. The largest absolute Gasteiger partial charge is 0.493 e. The Hall–Kier alpha value is -2.27. The Labute approximate surface area is 144 Å². The van der Waals surface area contributed by atoms with Gasteiger partial charge in [0.1, 0.15) is 14.3 Å². The van der Waals surface area contributed by atoms with Gasteiger partial charge in [0.05, 0.1) is 6.61 Å². The molecule has 0 spiro atoms. The van der Waals surface area contributed by atoms with E-state index in [0.29, 0.717) is 18.0 Å². The zero-order valence-corrected chi connectivity index (χ0v) is 13.0. The molecule has 4 nitrogen and oxygen atoms in total. The maximum atomic E-state index is 13.2. The summed E-state index contributed by atoms with van der Waals surface area (Å²) in [5.41, 5.74) is 0.926. The molecule has 1 unspecified atom stereocenters. The quantitative estimate of drug-likeness (QED) is 0.932. The number of ether oxygens (including phenoxy) is 3. The van der Waals surface area contributed by atoms with E-state index in [-0.39, 0.29) is 24.1 Å². The van der Waals surface area contributed by atoms with Crippen molar-refractivity contribution in [3.8, 4) is 17.2 Å². The number of fused-ring (bicyclic) bond motifs is 1. The van der Waals surface area contributed by atoms with Crippen LogP contribution < -0.4 is 19.5 Å². The van der Waals surface area contributed by atoms with Gasteiger partial charge in [0, 0.05) is 19.9 Å². The van der Waals surface area contributed by atoms with Crippen LogP contribution in [0.15, 0.2) is 42.5 Å². The molecule has 24 heavy (non-hydrogen) atoms. The monoisotopic (exact) mass is 332 g/mol. The minimum Gasteiger partial charge on any atom is -0.493 e. The van der Waals surface area contributed by atoms with Gasteiger partial charge in [-0.3, -0.25) is 0 Å². The van der Waals surface area contributed by atoms with Crippen molar-refractivity contribution < 1.29 is 22.7 Å². The summed E-state index contributed by atoms with van der Waals surface area (Å²) in [7, 11) is 0. The summed E-state index contributed by atoms with van der Waals surface area (Å²) in [6.45, 7) is -0.795. The van der Waals surface area contributed by atoms with E-state index < -0.39 is 12.6 Å². The normalized spacial score (nSPS) is 29.4. The van der Waals surface area contributed by atoms with E-state index in [1.54, 1.807) is 30.3 Å². The lowest BCUT2D eigenvalue weighted by Gasteiger charge is -2.32. The smallest absolute Gasteiger partial charge is 0.231 e. The first-order valence-corrected chi connectivity index (χ1v) is 7.96. The summed E-state index contributed by atoms with van der Waals surface area (Å²) < 4.78 is 53.1. The zero-order chi connectivity index (χ0) is 19.1. The fourth-order valence-electron chi connectivity index (χ4n) is 3.10. The minimum absolute atomic E-state index is 0.0810. The summed E-state index contributed by atoms with van der Waals surface area (Å²) in [6.07, 6.45) is 0.764. The van der Waals surface area contributed by atoms with Gasteiger partial charge in [0.2, 0.25) is 6.75 Å². The maximum Gasteiger partial charge on any atom is 0.231 e. The van der Waals surface area contributed by atoms with Crippen molar-refractivity contribution >= 4 is 0 Å². The minimum atomic E-state index is -2.18. The van der Waals surface area contributed by atoms with Crippen molar-refractivity contribution in [1.29, 1.82) is 0 Å². The summed E-state index contributed by atoms with van der Waals surface area (Å²) in [5, 5.41) is 3.24. The summed E-state index contributed by atoms with van der Waals surface area (Å²) in [5.74, 6) is -0.224. The Kier molecular flexibility index (Phi) is 3.39. The fraction of sp³-hybridized carbons (Fsp3) is 0.368. The fourth-order valence-corrected chi connectivity index (χ4v) is 3.10.